The zero-order valence-corrected chi connectivity index (χ0v) is 11.1. The number of anilines is 1. The molecule has 1 heteroatoms. The molecule has 0 radical (unpaired) electrons. The number of terminal acetylenes is 1. The molecule has 0 saturated heterocycles. The van der Waals surface area contributed by atoms with Crippen LogP contribution in [0.15, 0.2) is 72.8 Å². The molecule has 0 aliphatic rings. The van der Waals surface area contributed by atoms with E-state index in [4.69, 9.17) is 6.42 Å². The van der Waals surface area contributed by atoms with Gasteiger partial charge >= 0.3 is 0 Å². The fourth-order valence-corrected chi connectivity index (χ4v) is 2.31. The van der Waals surface area contributed by atoms with E-state index in [2.05, 4.69) is 41.6 Å². The Kier molecular flexibility index (Phi) is 3.39. The molecule has 0 spiro atoms. The van der Waals surface area contributed by atoms with Crippen molar-refractivity contribution < 1.29 is 0 Å². The van der Waals surface area contributed by atoms with Crippen molar-refractivity contribution in [3.63, 3.8) is 0 Å². The Morgan fingerprint density at radius 3 is 2.25 bits per heavy atom. The van der Waals surface area contributed by atoms with Crippen molar-refractivity contribution in [3.05, 3.63) is 78.4 Å². The smallest absolute Gasteiger partial charge is 0.113 e. The number of nitrogens with one attached hydrogen (secondary N) is 1. The number of fused-ring (bicyclic) bond motifs is 1. The summed E-state index contributed by atoms with van der Waals surface area (Å²) in [6.07, 6.45) is 5.65. The van der Waals surface area contributed by atoms with E-state index >= 15 is 0 Å². The van der Waals surface area contributed by atoms with Gasteiger partial charge in [0.1, 0.15) is 6.04 Å². The van der Waals surface area contributed by atoms with E-state index in [0.717, 1.165) is 11.3 Å². The van der Waals surface area contributed by atoms with E-state index in [9.17, 15) is 0 Å². The lowest BCUT2D eigenvalue weighted by molar-refractivity contribution is 1.02. The van der Waals surface area contributed by atoms with Crippen LogP contribution in [0.3, 0.4) is 0 Å². The van der Waals surface area contributed by atoms with Gasteiger partial charge in [-0.25, -0.2) is 0 Å². The fourth-order valence-electron chi connectivity index (χ4n) is 2.31. The first-order valence-corrected chi connectivity index (χ1v) is 6.63. The van der Waals surface area contributed by atoms with Gasteiger partial charge in [-0.15, -0.1) is 6.42 Å². The van der Waals surface area contributed by atoms with E-state index in [1.54, 1.807) is 0 Å². The molecule has 0 heterocycles. The van der Waals surface area contributed by atoms with Crippen molar-refractivity contribution in [2.45, 2.75) is 6.04 Å². The third-order valence-electron chi connectivity index (χ3n) is 3.36. The Labute approximate surface area is 119 Å². The highest BCUT2D eigenvalue weighted by Gasteiger charge is 2.07. The summed E-state index contributed by atoms with van der Waals surface area (Å²) in [5, 5.41) is 5.84. The summed E-state index contributed by atoms with van der Waals surface area (Å²) >= 11 is 0. The van der Waals surface area contributed by atoms with Gasteiger partial charge in [-0.1, -0.05) is 66.6 Å². The first-order chi connectivity index (χ1) is 9.86. The van der Waals surface area contributed by atoms with E-state index in [1.165, 1.54) is 10.8 Å². The summed E-state index contributed by atoms with van der Waals surface area (Å²) in [6, 6.07) is 24.6. The molecule has 1 N–H and O–H groups in total. The van der Waals surface area contributed by atoms with Crippen molar-refractivity contribution in [1.29, 1.82) is 0 Å². The van der Waals surface area contributed by atoms with Crippen molar-refractivity contribution in [1.82, 2.24) is 0 Å². The Bertz CT molecular complexity index is 753. The van der Waals surface area contributed by atoms with Gasteiger partial charge in [0.15, 0.2) is 0 Å². The number of hydrogen-bond acceptors (Lipinski definition) is 1. The second kappa shape index (κ2) is 5.50. The van der Waals surface area contributed by atoms with Crippen molar-refractivity contribution >= 4 is 16.5 Å². The van der Waals surface area contributed by atoms with Crippen LogP contribution < -0.4 is 5.32 Å². The minimum Gasteiger partial charge on any atom is -0.368 e. The Hall–Kier alpha value is -2.72. The molecule has 3 aromatic carbocycles. The van der Waals surface area contributed by atoms with Crippen molar-refractivity contribution in [2.24, 2.45) is 0 Å². The average molecular weight is 257 g/mol. The highest BCUT2D eigenvalue weighted by molar-refractivity contribution is 5.85. The van der Waals surface area contributed by atoms with Crippen LogP contribution >= 0.6 is 0 Å². The van der Waals surface area contributed by atoms with Gasteiger partial charge in [0.05, 0.1) is 0 Å². The summed E-state index contributed by atoms with van der Waals surface area (Å²) in [5.41, 5.74) is 2.14. The lowest BCUT2D eigenvalue weighted by atomic mass is 10.1. The molecular formula is C19H15N. The molecule has 1 unspecified atom stereocenters. The molecule has 1 atom stereocenters. The second-order valence-electron chi connectivity index (χ2n) is 4.72. The molecule has 0 bridgehead atoms. The van der Waals surface area contributed by atoms with Crippen LogP contribution in [0.5, 0.6) is 0 Å². The highest BCUT2D eigenvalue weighted by atomic mass is 14.9. The lowest BCUT2D eigenvalue weighted by Crippen LogP contribution is -2.08. The molecule has 96 valence electrons. The van der Waals surface area contributed by atoms with Gasteiger partial charge in [-0.05, 0) is 28.5 Å². The number of hydrogen-bond donors (Lipinski definition) is 1. The van der Waals surface area contributed by atoms with Gasteiger partial charge in [-0.2, -0.15) is 0 Å². The predicted octanol–water partition coefficient (Wildman–Crippen LogP) is 4.63. The van der Waals surface area contributed by atoms with Gasteiger partial charge in [0, 0.05) is 5.69 Å². The van der Waals surface area contributed by atoms with E-state index in [0.29, 0.717) is 0 Å². The van der Waals surface area contributed by atoms with Crippen LogP contribution in [-0.4, -0.2) is 0 Å². The Morgan fingerprint density at radius 2 is 1.50 bits per heavy atom. The molecule has 3 rings (SSSR count). The third-order valence-corrected chi connectivity index (χ3v) is 3.36. The standard InChI is InChI=1S/C19H15N/c1-2-19(16-9-4-3-5-10-16)20-18-13-12-15-8-6-7-11-17(15)14-18/h1,3-14,19-20H. The molecule has 1 nitrogen and oxygen atoms in total. The van der Waals surface area contributed by atoms with Crippen LogP contribution in [0.2, 0.25) is 0 Å². The van der Waals surface area contributed by atoms with Crippen molar-refractivity contribution in [3.8, 4) is 12.3 Å². The maximum atomic E-state index is 5.65. The summed E-state index contributed by atoms with van der Waals surface area (Å²) in [5.74, 6) is 2.80. The minimum absolute atomic E-state index is 0.114. The number of rotatable bonds is 3. The minimum atomic E-state index is -0.114. The van der Waals surface area contributed by atoms with Crippen LogP contribution in [-0.2, 0) is 0 Å². The first-order valence-electron chi connectivity index (χ1n) is 6.63. The second-order valence-corrected chi connectivity index (χ2v) is 4.72. The molecule has 0 saturated carbocycles. The molecular weight excluding hydrogens is 242 g/mol. The van der Waals surface area contributed by atoms with Gasteiger partial charge in [0.25, 0.3) is 0 Å². The van der Waals surface area contributed by atoms with Crippen LogP contribution in [0.25, 0.3) is 10.8 Å². The fraction of sp³-hybridized carbons (Fsp3) is 0.0526. The Balaban J connectivity index is 1.90. The molecule has 0 aliphatic carbocycles. The summed E-state index contributed by atoms with van der Waals surface area (Å²) in [6.45, 7) is 0. The SMILES string of the molecule is C#CC(Nc1ccc2ccccc2c1)c1ccccc1. The van der Waals surface area contributed by atoms with E-state index in [-0.39, 0.29) is 6.04 Å². The van der Waals surface area contributed by atoms with Crippen molar-refractivity contribution in [2.75, 3.05) is 5.32 Å². The topological polar surface area (TPSA) is 12.0 Å². The van der Waals surface area contributed by atoms with Gasteiger partial charge in [-0.3, -0.25) is 0 Å². The molecule has 0 amide bonds. The normalized spacial score (nSPS) is 11.8. The zero-order chi connectivity index (χ0) is 13.8. The molecule has 3 aromatic rings. The summed E-state index contributed by atoms with van der Waals surface area (Å²) < 4.78 is 0. The monoisotopic (exact) mass is 257 g/mol. The Morgan fingerprint density at radius 1 is 0.800 bits per heavy atom. The van der Waals surface area contributed by atoms with Gasteiger partial charge < -0.3 is 5.32 Å². The maximum Gasteiger partial charge on any atom is 0.113 e. The molecule has 0 aliphatic heterocycles. The van der Waals surface area contributed by atoms with Crippen LogP contribution in [0, 0.1) is 12.3 Å². The average Bonchev–Trinajstić information content (AvgIpc) is 2.53. The molecule has 0 aromatic heterocycles. The summed E-state index contributed by atoms with van der Waals surface area (Å²) in [4.78, 5) is 0. The zero-order valence-electron chi connectivity index (χ0n) is 11.1. The van der Waals surface area contributed by atoms with Crippen LogP contribution in [0.1, 0.15) is 11.6 Å². The van der Waals surface area contributed by atoms with E-state index in [1.807, 2.05) is 42.5 Å². The quantitative estimate of drug-likeness (QED) is 0.675. The predicted molar refractivity (Wildman–Crippen MR) is 85.6 cm³/mol. The maximum absolute atomic E-state index is 5.65. The van der Waals surface area contributed by atoms with Gasteiger partial charge in [0.2, 0.25) is 0 Å². The molecule has 0 fully saturated rings. The van der Waals surface area contributed by atoms with Crippen LogP contribution in [0.4, 0.5) is 5.69 Å². The first kappa shape index (κ1) is 12.3. The number of benzene rings is 3. The lowest BCUT2D eigenvalue weighted by Gasteiger charge is -2.15. The highest BCUT2D eigenvalue weighted by Crippen LogP contribution is 2.23. The molecule has 20 heavy (non-hydrogen) atoms. The summed E-state index contributed by atoms with van der Waals surface area (Å²) in [7, 11) is 0. The third kappa shape index (κ3) is 2.50. The largest absolute Gasteiger partial charge is 0.368 e. The van der Waals surface area contributed by atoms with E-state index < -0.39 is 0 Å².